The summed E-state index contributed by atoms with van der Waals surface area (Å²) in [5.41, 5.74) is 0.990. The molecular formula is C15H17BrN2O2. The van der Waals surface area contributed by atoms with Gasteiger partial charge in [-0.1, -0.05) is 34.1 Å². The van der Waals surface area contributed by atoms with Crippen LogP contribution in [0, 0.1) is 0 Å². The SMILES string of the molecule is C=CCN(CCO)Cc1ncc(-c2ccc(Br)cc2)o1. The minimum atomic E-state index is 0.105. The molecule has 0 saturated carbocycles. The summed E-state index contributed by atoms with van der Waals surface area (Å²) in [7, 11) is 0. The zero-order valence-electron chi connectivity index (χ0n) is 11.1. The van der Waals surface area contributed by atoms with Gasteiger partial charge in [-0.05, 0) is 12.1 Å². The molecule has 1 heterocycles. The number of aliphatic hydroxyl groups excluding tert-OH is 1. The number of aromatic nitrogens is 1. The Hall–Kier alpha value is -1.43. The van der Waals surface area contributed by atoms with Crippen LogP contribution in [0.3, 0.4) is 0 Å². The molecule has 0 bridgehead atoms. The third-order valence-corrected chi connectivity index (χ3v) is 3.37. The Balaban J connectivity index is 2.08. The Morgan fingerprint density at radius 1 is 1.35 bits per heavy atom. The van der Waals surface area contributed by atoms with Crippen LogP contribution in [-0.2, 0) is 6.54 Å². The van der Waals surface area contributed by atoms with Crippen molar-refractivity contribution in [3.05, 3.63) is 53.5 Å². The summed E-state index contributed by atoms with van der Waals surface area (Å²) in [5.74, 6) is 1.38. The highest BCUT2D eigenvalue weighted by Gasteiger charge is 2.10. The summed E-state index contributed by atoms with van der Waals surface area (Å²) in [5, 5.41) is 9.02. The van der Waals surface area contributed by atoms with E-state index >= 15 is 0 Å². The molecule has 0 radical (unpaired) electrons. The first kappa shape index (κ1) is 15.0. The van der Waals surface area contributed by atoms with Gasteiger partial charge in [-0.3, -0.25) is 4.90 Å². The quantitative estimate of drug-likeness (QED) is 0.789. The smallest absolute Gasteiger partial charge is 0.209 e. The van der Waals surface area contributed by atoms with Crippen molar-refractivity contribution >= 4 is 15.9 Å². The first-order chi connectivity index (χ1) is 9.72. The maximum absolute atomic E-state index is 9.02. The number of rotatable bonds is 7. The minimum Gasteiger partial charge on any atom is -0.439 e. The van der Waals surface area contributed by atoms with Gasteiger partial charge in [0.2, 0.25) is 5.89 Å². The Kier molecular flexibility index (Phi) is 5.52. The highest BCUT2D eigenvalue weighted by atomic mass is 79.9. The molecule has 2 aromatic rings. The van der Waals surface area contributed by atoms with E-state index in [2.05, 4.69) is 27.5 Å². The molecule has 106 valence electrons. The van der Waals surface area contributed by atoms with Crippen LogP contribution >= 0.6 is 15.9 Å². The highest BCUT2D eigenvalue weighted by molar-refractivity contribution is 9.10. The molecule has 1 aromatic heterocycles. The van der Waals surface area contributed by atoms with Crippen molar-refractivity contribution in [3.8, 4) is 11.3 Å². The number of hydrogen-bond acceptors (Lipinski definition) is 4. The summed E-state index contributed by atoms with van der Waals surface area (Å²) in [6.07, 6.45) is 3.53. The molecule has 0 aliphatic rings. The molecule has 0 aliphatic heterocycles. The fraction of sp³-hybridized carbons (Fsp3) is 0.267. The third kappa shape index (κ3) is 4.03. The summed E-state index contributed by atoms with van der Waals surface area (Å²) >= 11 is 3.40. The second kappa shape index (κ2) is 7.38. The highest BCUT2D eigenvalue weighted by Crippen LogP contribution is 2.22. The van der Waals surface area contributed by atoms with Gasteiger partial charge in [-0.25, -0.2) is 4.98 Å². The monoisotopic (exact) mass is 336 g/mol. The zero-order chi connectivity index (χ0) is 14.4. The Morgan fingerprint density at radius 2 is 2.10 bits per heavy atom. The normalized spacial score (nSPS) is 10.9. The number of aliphatic hydroxyl groups is 1. The van der Waals surface area contributed by atoms with E-state index in [9.17, 15) is 0 Å². The van der Waals surface area contributed by atoms with Crippen molar-refractivity contribution < 1.29 is 9.52 Å². The molecule has 1 aromatic carbocycles. The summed E-state index contributed by atoms with van der Waals surface area (Å²) in [6, 6.07) is 7.88. The van der Waals surface area contributed by atoms with Crippen LogP contribution in [0.5, 0.6) is 0 Å². The van der Waals surface area contributed by atoms with Crippen molar-refractivity contribution in [3.63, 3.8) is 0 Å². The number of nitrogens with zero attached hydrogens (tertiary/aromatic N) is 2. The maximum atomic E-state index is 9.02. The zero-order valence-corrected chi connectivity index (χ0v) is 12.7. The largest absolute Gasteiger partial charge is 0.439 e. The first-order valence-electron chi connectivity index (χ1n) is 6.37. The molecule has 0 atom stereocenters. The second-order valence-electron chi connectivity index (χ2n) is 4.37. The van der Waals surface area contributed by atoms with E-state index in [1.54, 1.807) is 12.3 Å². The Labute approximate surface area is 126 Å². The van der Waals surface area contributed by atoms with Crippen LogP contribution in [0.2, 0.25) is 0 Å². The first-order valence-corrected chi connectivity index (χ1v) is 7.17. The van der Waals surface area contributed by atoms with Crippen molar-refractivity contribution in [1.29, 1.82) is 0 Å². The molecule has 0 fully saturated rings. The standard InChI is InChI=1S/C15H17BrN2O2/c1-2-7-18(8-9-19)11-15-17-10-14(20-15)12-3-5-13(16)6-4-12/h2-6,10,19H,1,7-9,11H2. The predicted octanol–water partition coefficient (Wildman–Crippen LogP) is 3.08. The second-order valence-corrected chi connectivity index (χ2v) is 5.29. The van der Waals surface area contributed by atoms with E-state index in [-0.39, 0.29) is 6.61 Å². The molecule has 0 saturated heterocycles. The fourth-order valence-electron chi connectivity index (χ4n) is 1.88. The van der Waals surface area contributed by atoms with E-state index in [0.717, 1.165) is 15.8 Å². The molecule has 2 rings (SSSR count). The van der Waals surface area contributed by atoms with Crippen molar-refractivity contribution in [1.82, 2.24) is 9.88 Å². The molecule has 0 amide bonds. The molecular weight excluding hydrogens is 320 g/mol. The molecule has 5 heteroatoms. The number of benzene rings is 1. The van der Waals surface area contributed by atoms with E-state index in [0.29, 0.717) is 25.5 Å². The molecule has 4 nitrogen and oxygen atoms in total. The van der Waals surface area contributed by atoms with Crippen LogP contribution < -0.4 is 0 Å². The van der Waals surface area contributed by atoms with Gasteiger partial charge in [0.05, 0.1) is 19.3 Å². The van der Waals surface area contributed by atoms with Crippen molar-refractivity contribution in [2.24, 2.45) is 0 Å². The van der Waals surface area contributed by atoms with Gasteiger partial charge in [0.15, 0.2) is 5.76 Å². The van der Waals surface area contributed by atoms with Crippen LogP contribution in [0.15, 0.2) is 52.0 Å². The van der Waals surface area contributed by atoms with Crippen LogP contribution in [0.4, 0.5) is 0 Å². The number of halogens is 1. The fourth-order valence-corrected chi connectivity index (χ4v) is 2.15. The lowest BCUT2D eigenvalue weighted by Gasteiger charge is -2.16. The Morgan fingerprint density at radius 3 is 2.75 bits per heavy atom. The number of oxazole rings is 1. The summed E-state index contributed by atoms with van der Waals surface area (Å²) in [4.78, 5) is 6.30. The lowest BCUT2D eigenvalue weighted by atomic mass is 10.2. The lowest BCUT2D eigenvalue weighted by Crippen LogP contribution is -2.26. The molecule has 0 spiro atoms. The topological polar surface area (TPSA) is 49.5 Å². The van der Waals surface area contributed by atoms with Crippen LogP contribution in [0.25, 0.3) is 11.3 Å². The minimum absolute atomic E-state index is 0.105. The predicted molar refractivity (Wildman–Crippen MR) is 82.2 cm³/mol. The van der Waals surface area contributed by atoms with E-state index in [1.807, 2.05) is 29.2 Å². The summed E-state index contributed by atoms with van der Waals surface area (Å²) < 4.78 is 6.78. The lowest BCUT2D eigenvalue weighted by molar-refractivity contribution is 0.192. The van der Waals surface area contributed by atoms with Crippen molar-refractivity contribution in [2.45, 2.75) is 6.54 Å². The maximum Gasteiger partial charge on any atom is 0.209 e. The van der Waals surface area contributed by atoms with Crippen LogP contribution in [-0.4, -0.2) is 34.7 Å². The van der Waals surface area contributed by atoms with E-state index < -0.39 is 0 Å². The average Bonchev–Trinajstić information content (AvgIpc) is 2.89. The van der Waals surface area contributed by atoms with Gasteiger partial charge < -0.3 is 9.52 Å². The molecule has 20 heavy (non-hydrogen) atoms. The number of hydrogen-bond donors (Lipinski definition) is 1. The van der Waals surface area contributed by atoms with E-state index in [4.69, 9.17) is 9.52 Å². The van der Waals surface area contributed by atoms with Crippen LogP contribution in [0.1, 0.15) is 5.89 Å². The van der Waals surface area contributed by atoms with Crippen molar-refractivity contribution in [2.75, 3.05) is 19.7 Å². The van der Waals surface area contributed by atoms with Gasteiger partial charge in [0, 0.05) is 23.1 Å². The van der Waals surface area contributed by atoms with E-state index in [1.165, 1.54) is 0 Å². The van der Waals surface area contributed by atoms with Gasteiger partial charge in [-0.2, -0.15) is 0 Å². The average molecular weight is 337 g/mol. The van der Waals surface area contributed by atoms with Gasteiger partial charge >= 0.3 is 0 Å². The molecule has 0 unspecified atom stereocenters. The van der Waals surface area contributed by atoms with Gasteiger partial charge in [0.1, 0.15) is 0 Å². The molecule has 0 aliphatic carbocycles. The van der Waals surface area contributed by atoms with Gasteiger partial charge in [0.25, 0.3) is 0 Å². The summed E-state index contributed by atoms with van der Waals surface area (Å²) in [6.45, 7) is 5.63. The Bertz CT molecular complexity index is 551. The third-order valence-electron chi connectivity index (χ3n) is 2.84. The molecule has 1 N–H and O–H groups in total. The van der Waals surface area contributed by atoms with Gasteiger partial charge in [-0.15, -0.1) is 6.58 Å².